The van der Waals surface area contributed by atoms with E-state index in [2.05, 4.69) is 139 Å². The summed E-state index contributed by atoms with van der Waals surface area (Å²) in [6.45, 7) is 2.13. The molecule has 148 valence electrons. The van der Waals surface area contributed by atoms with Crippen molar-refractivity contribution in [1.29, 1.82) is 0 Å². The second-order valence-electron chi connectivity index (χ2n) is 7.78. The molecule has 0 bridgehead atoms. The summed E-state index contributed by atoms with van der Waals surface area (Å²) in [4.78, 5) is 0. The average Bonchev–Trinajstić information content (AvgIpc) is 2.85. The van der Waals surface area contributed by atoms with Crippen LogP contribution in [0.5, 0.6) is 0 Å². The third-order valence-corrected chi connectivity index (χ3v) is 5.60. The lowest BCUT2D eigenvalue weighted by atomic mass is 9.98. The largest absolute Gasteiger partial charge is 0.219 e. The van der Waals surface area contributed by atoms with Gasteiger partial charge in [0.15, 0.2) is 0 Å². The van der Waals surface area contributed by atoms with E-state index in [1.165, 1.54) is 39.2 Å². The predicted octanol–water partition coefficient (Wildman–Crippen LogP) is 7.27. The lowest BCUT2D eigenvalue weighted by Crippen LogP contribution is -2.36. The van der Waals surface area contributed by atoms with Gasteiger partial charge in [0, 0.05) is 35.4 Å². The molecule has 5 aromatic rings. The van der Waals surface area contributed by atoms with Gasteiger partial charge in [-0.05, 0) is 42.3 Å². The number of rotatable bonds is 4. The van der Waals surface area contributed by atoms with Gasteiger partial charge in [0.25, 0.3) is 0 Å². The third-order valence-electron chi connectivity index (χ3n) is 5.60. The molecule has 0 radical (unpaired) electrons. The quantitative estimate of drug-likeness (QED) is 0.280. The van der Waals surface area contributed by atoms with Crippen LogP contribution in [-0.4, -0.2) is 0 Å². The van der Waals surface area contributed by atoms with E-state index in [1.54, 1.807) is 0 Å². The summed E-state index contributed by atoms with van der Waals surface area (Å²) >= 11 is 0. The molecule has 0 fully saturated rings. The van der Waals surface area contributed by atoms with Gasteiger partial charge in [0.2, 0.25) is 17.1 Å². The van der Waals surface area contributed by atoms with Crippen LogP contribution < -0.4 is 4.57 Å². The standard InChI is InChI=1S/C30H24N/c1-23-17-19-24(20-18-23)27-21-29(25-11-5-2-6-12-25)31(28-15-9-4-10-16-28)30(22-27)26-13-7-3-8-14-26/h2-22H,1H3/q+1. The average molecular weight is 399 g/mol. The predicted molar refractivity (Wildman–Crippen MR) is 129 cm³/mol. The lowest BCUT2D eigenvalue weighted by molar-refractivity contribution is -0.572. The molecular weight excluding hydrogens is 374 g/mol. The summed E-state index contributed by atoms with van der Waals surface area (Å²) in [6, 6.07) is 45.3. The Morgan fingerprint density at radius 2 is 0.871 bits per heavy atom. The maximum atomic E-state index is 2.36. The first kappa shape index (κ1) is 19.0. The van der Waals surface area contributed by atoms with Crippen LogP contribution in [-0.2, 0) is 0 Å². The zero-order valence-corrected chi connectivity index (χ0v) is 17.6. The topological polar surface area (TPSA) is 3.88 Å². The van der Waals surface area contributed by atoms with Crippen molar-refractivity contribution in [2.24, 2.45) is 0 Å². The normalized spacial score (nSPS) is 10.7. The maximum Gasteiger partial charge on any atom is 0.219 e. The Kier molecular flexibility index (Phi) is 5.16. The molecule has 0 spiro atoms. The van der Waals surface area contributed by atoms with Gasteiger partial charge < -0.3 is 0 Å². The fourth-order valence-electron chi connectivity index (χ4n) is 4.01. The first-order chi connectivity index (χ1) is 15.3. The molecule has 0 aliphatic heterocycles. The molecule has 0 aliphatic carbocycles. The minimum atomic E-state index is 1.15. The van der Waals surface area contributed by atoms with Crippen LogP contribution in [0.25, 0.3) is 39.3 Å². The molecular formula is C30H24N+. The summed E-state index contributed by atoms with van der Waals surface area (Å²) in [5, 5.41) is 0. The molecule has 0 unspecified atom stereocenters. The van der Waals surface area contributed by atoms with E-state index >= 15 is 0 Å². The molecule has 5 rings (SSSR count). The molecule has 4 aromatic carbocycles. The zero-order valence-electron chi connectivity index (χ0n) is 17.6. The van der Waals surface area contributed by atoms with E-state index < -0.39 is 0 Å². The van der Waals surface area contributed by atoms with Crippen LogP contribution >= 0.6 is 0 Å². The molecule has 0 N–H and O–H groups in total. The highest BCUT2D eigenvalue weighted by molar-refractivity contribution is 5.74. The highest BCUT2D eigenvalue weighted by Crippen LogP contribution is 2.30. The zero-order chi connectivity index (χ0) is 21.0. The molecule has 0 amide bonds. The fraction of sp³-hybridized carbons (Fsp3) is 0.0333. The molecule has 0 saturated carbocycles. The van der Waals surface area contributed by atoms with Crippen LogP contribution in [0.15, 0.2) is 127 Å². The first-order valence-corrected chi connectivity index (χ1v) is 10.6. The summed E-state index contributed by atoms with van der Waals surface area (Å²) in [6.07, 6.45) is 0. The first-order valence-electron chi connectivity index (χ1n) is 10.6. The van der Waals surface area contributed by atoms with Crippen molar-refractivity contribution in [3.8, 4) is 39.3 Å². The number of hydrogen-bond acceptors (Lipinski definition) is 0. The molecule has 0 aliphatic rings. The van der Waals surface area contributed by atoms with Crippen LogP contribution in [0.3, 0.4) is 0 Å². The third kappa shape index (κ3) is 3.91. The summed E-state index contributed by atoms with van der Waals surface area (Å²) in [7, 11) is 0. The molecule has 1 heterocycles. The van der Waals surface area contributed by atoms with E-state index in [4.69, 9.17) is 0 Å². The Balaban J connectivity index is 1.86. The van der Waals surface area contributed by atoms with E-state index in [0.29, 0.717) is 0 Å². The van der Waals surface area contributed by atoms with E-state index in [9.17, 15) is 0 Å². The Hall–Kier alpha value is -3.97. The van der Waals surface area contributed by atoms with Gasteiger partial charge in [0.05, 0.1) is 0 Å². The Labute approximate surface area is 183 Å². The van der Waals surface area contributed by atoms with Gasteiger partial charge in [-0.15, -0.1) is 0 Å². The fourth-order valence-corrected chi connectivity index (χ4v) is 4.01. The van der Waals surface area contributed by atoms with Crippen molar-refractivity contribution in [3.63, 3.8) is 0 Å². The Morgan fingerprint density at radius 1 is 0.419 bits per heavy atom. The minimum absolute atomic E-state index is 1.15. The molecule has 1 aromatic heterocycles. The second kappa shape index (κ2) is 8.41. The SMILES string of the molecule is Cc1ccc(-c2cc(-c3ccccc3)[n+](-c3ccccc3)c(-c3ccccc3)c2)cc1. The van der Waals surface area contributed by atoms with Gasteiger partial charge in [-0.1, -0.05) is 84.4 Å². The summed E-state index contributed by atoms with van der Waals surface area (Å²) in [5.74, 6) is 0. The van der Waals surface area contributed by atoms with Crippen molar-refractivity contribution in [2.45, 2.75) is 6.92 Å². The number of para-hydroxylation sites is 1. The smallest absolute Gasteiger partial charge is 0.153 e. The monoisotopic (exact) mass is 398 g/mol. The van der Waals surface area contributed by atoms with Gasteiger partial charge in [-0.25, -0.2) is 0 Å². The van der Waals surface area contributed by atoms with Gasteiger partial charge >= 0.3 is 0 Å². The van der Waals surface area contributed by atoms with Crippen LogP contribution in [0.4, 0.5) is 0 Å². The number of aryl methyl sites for hydroxylation is 1. The summed E-state index contributed by atoms with van der Waals surface area (Å²) in [5.41, 5.74) is 9.58. The Morgan fingerprint density at radius 3 is 1.35 bits per heavy atom. The van der Waals surface area contributed by atoms with Gasteiger partial charge in [0.1, 0.15) is 0 Å². The number of benzene rings is 4. The van der Waals surface area contributed by atoms with Crippen molar-refractivity contribution in [1.82, 2.24) is 0 Å². The van der Waals surface area contributed by atoms with E-state index in [-0.39, 0.29) is 0 Å². The van der Waals surface area contributed by atoms with Crippen molar-refractivity contribution in [3.05, 3.63) is 133 Å². The highest BCUT2D eigenvalue weighted by Gasteiger charge is 2.24. The van der Waals surface area contributed by atoms with Gasteiger partial charge in [-0.2, -0.15) is 4.57 Å². The minimum Gasteiger partial charge on any atom is -0.153 e. The number of aromatic nitrogens is 1. The van der Waals surface area contributed by atoms with Crippen LogP contribution in [0.1, 0.15) is 5.56 Å². The number of pyridine rings is 1. The Bertz CT molecular complexity index is 1230. The van der Waals surface area contributed by atoms with Crippen molar-refractivity contribution in [2.75, 3.05) is 0 Å². The van der Waals surface area contributed by atoms with Crippen molar-refractivity contribution < 1.29 is 4.57 Å². The molecule has 0 saturated heterocycles. The lowest BCUT2D eigenvalue weighted by Gasteiger charge is -2.12. The van der Waals surface area contributed by atoms with E-state index in [0.717, 1.165) is 5.69 Å². The van der Waals surface area contributed by atoms with E-state index in [1.807, 2.05) is 0 Å². The highest BCUT2D eigenvalue weighted by atomic mass is 15.0. The molecule has 0 atom stereocenters. The summed E-state index contributed by atoms with van der Waals surface area (Å²) < 4.78 is 2.36. The van der Waals surface area contributed by atoms with Crippen LogP contribution in [0, 0.1) is 6.92 Å². The van der Waals surface area contributed by atoms with Crippen LogP contribution in [0.2, 0.25) is 0 Å². The number of hydrogen-bond donors (Lipinski definition) is 0. The maximum absolute atomic E-state index is 2.36. The second-order valence-corrected chi connectivity index (χ2v) is 7.78. The van der Waals surface area contributed by atoms with Gasteiger partial charge in [-0.3, -0.25) is 0 Å². The molecule has 31 heavy (non-hydrogen) atoms. The van der Waals surface area contributed by atoms with Crippen molar-refractivity contribution >= 4 is 0 Å². The molecule has 1 nitrogen and oxygen atoms in total. The molecule has 1 heteroatoms. The number of nitrogens with zero attached hydrogens (tertiary/aromatic N) is 1.